The van der Waals surface area contributed by atoms with Gasteiger partial charge in [-0.25, -0.2) is 48.3 Å². The summed E-state index contributed by atoms with van der Waals surface area (Å²) in [6, 6.07) is 37.6. The van der Waals surface area contributed by atoms with Gasteiger partial charge in [-0.15, -0.1) is 0 Å². The molecule has 37 heteroatoms. The van der Waals surface area contributed by atoms with Gasteiger partial charge in [0.1, 0.15) is 65.5 Å². The number of carbonyl (C=O) groups excluding carboxylic acids is 5. The Labute approximate surface area is 872 Å². The number of carbonyl (C=O) groups is 5. The number of piperidine rings is 5. The molecule has 4 N–H and O–H groups in total. The van der Waals surface area contributed by atoms with E-state index >= 15 is 0 Å². The van der Waals surface area contributed by atoms with Crippen LogP contribution in [0.2, 0.25) is 30.1 Å². The third-order valence-corrected chi connectivity index (χ3v) is 32.4. The molecule has 5 amide bonds. The number of morpholine rings is 1. The van der Waals surface area contributed by atoms with Crippen molar-refractivity contribution < 1.29 is 42.2 Å². The summed E-state index contributed by atoms with van der Waals surface area (Å²) in [5, 5.41) is 23.2. The topological polar surface area (TPSA) is 321 Å². The molecular weight excluding hydrogens is 1960 g/mol. The number of hydrogen-bond donors (Lipinski definition) is 4. The monoisotopic (exact) mass is 2090 g/mol. The Morgan fingerprint density at radius 3 is 1.23 bits per heavy atom. The van der Waals surface area contributed by atoms with Crippen molar-refractivity contribution in [3.8, 4) is 11.1 Å². The summed E-state index contributed by atoms with van der Waals surface area (Å²) in [6.45, 7) is 30.9. The number of hydrogen-bond acceptors (Lipinski definition) is 24. The molecule has 0 radical (unpaired) electrons. The lowest BCUT2D eigenvalue weighted by Gasteiger charge is -2.43. The number of aryl methyl sites for hydroxylation is 2. The van der Waals surface area contributed by atoms with Crippen LogP contribution in [0.4, 0.5) is 17.5 Å². The maximum atomic E-state index is 13.5. The second-order valence-corrected chi connectivity index (χ2v) is 42.8. The molecule has 0 unspecified atom stereocenters. The number of aliphatic hydroxyl groups excluding tert-OH is 1. The van der Waals surface area contributed by atoms with Crippen LogP contribution in [0.15, 0.2) is 135 Å². The molecule has 143 heavy (non-hydrogen) atoms. The van der Waals surface area contributed by atoms with Gasteiger partial charge < -0.3 is 55.2 Å². The number of piperazine rings is 2. The summed E-state index contributed by atoms with van der Waals surface area (Å²) in [6.07, 6.45) is 21.7. The van der Waals surface area contributed by atoms with Crippen molar-refractivity contribution in [2.75, 3.05) is 179 Å². The first-order valence-electron chi connectivity index (χ1n) is 50.7. The molecular formula is C106H137Cl6N21O9S. The Balaban J connectivity index is 0.000000151. The van der Waals surface area contributed by atoms with E-state index in [0.717, 1.165) is 276 Å². The van der Waals surface area contributed by atoms with Gasteiger partial charge in [0.05, 0.1) is 55.7 Å². The number of ether oxygens (including phenoxy) is 1. The molecule has 8 fully saturated rings. The van der Waals surface area contributed by atoms with Gasteiger partial charge in [0.2, 0.25) is 15.9 Å². The van der Waals surface area contributed by atoms with Gasteiger partial charge in [-0.1, -0.05) is 164 Å². The summed E-state index contributed by atoms with van der Waals surface area (Å²) in [5.74, 6) is 2.31. The molecule has 0 bridgehead atoms. The molecule has 768 valence electrons. The molecule has 4 aromatic heterocycles. The summed E-state index contributed by atoms with van der Waals surface area (Å²) >= 11 is 36.3. The molecule has 9 aromatic rings. The van der Waals surface area contributed by atoms with Crippen LogP contribution in [0.3, 0.4) is 0 Å². The lowest BCUT2D eigenvalue weighted by atomic mass is 9.98. The smallest absolute Gasteiger partial charge is 0.272 e. The van der Waals surface area contributed by atoms with Crippen LogP contribution < -0.4 is 16.0 Å². The zero-order valence-electron chi connectivity index (χ0n) is 83.3. The summed E-state index contributed by atoms with van der Waals surface area (Å²) in [4.78, 5) is 120. The first-order chi connectivity index (χ1) is 69.1. The molecule has 0 spiro atoms. The van der Waals surface area contributed by atoms with Crippen molar-refractivity contribution in [2.24, 2.45) is 5.92 Å². The second-order valence-electron chi connectivity index (χ2n) is 38.4. The maximum absolute atomic E-state index is 13.5. The number of anilines is 3. The zero-order chi connectivity index (χ0) is 101. The predicted molar refractivity (Wildman–Crippen MR) is 567 cm³/mol. The van der Waals surface area contributed by atoms with E-state index in [4.69, 9.17) is 74.3 Å². The van der Waals surface area contributed by atoms with Gasteiger partial charge in [0.15, 0.2) is 0 Å². The van der Waals surface area contributed by atoms with Crippen molar-refractivity contribution in [1.82, 2.24) is 88.3 Å². The van der Waals surface area contributed by atoms with Crippen LogP contribution in [0.25, 0.3) is 11.1 Å². The summed E-state index contributed by atoms with van der Waals surface area (Å²) < 4.78 is 30.5. The van der Waals surface area contributed by atoms with Crippen molar-refractivity contribution in [1.29, 1.82) is 0 Å². The van der Waals surface area contributed by atoms with Gasteiger partial charge in [-0.2, -0.15) is 4.31 Å². The summed E-state index contributed by atoms with van der Waals surface area (Å²) in [5.41, 5.74) is 13.0. The third-order valence-electron chi connectivity index (χ3n) is 28.9. The highest BCUT2D eigenvalue weighted by Crippen LogP contribution is 2.34. The largest absolute Gasteiger partial charge is 0.393 e. The van der Waals surface area contributed by atoms with Crippen molar-refractivity contribution >= 4 is 127 Å². The second kappa shape index (κ2) is 53.3. The number of sulfonamides is 1. The SMILES string of the molecule is CCc1c(NCCc2ccc(Cl)c(Cl)c2)ncnc1C(=O)N1CCC(N2CCOCC2)CC1.CCc1c(NCc2cccc(-c3ccccc3)c2)ncnc1C(=O)N1CCC(N2CCC(O)CC2)CC1.Cc1c(CCCc2ccc(Cl)c(Cl)c2)ncnc1C(=O)N1CCC(N2CCN(C(=O)C(C)C)CC2)CC1.Cc1c(NCCc2ccc(Cl)c(Cl)c2)ncnc1C(=O)N1CCC(N2CCN(S(C)(=O)=O)CC2)CC1. The molecule has 30 nitrogen and oxygen atoms in total. The van der Waals surface area contributed by atoms with Crippen LogP contribution in [-0.4, -0.2) is 325 Å². The highest BCUT2D eigenvalue weighted by molar-refractivity contribution is 7.88. The molecule has 0 atom stereocenters. The van der Waals surface area contributed by atoms with Crippen LogP contribution >= 0.6 is 69.6 Å². The van der Waals surface area contributed by atoms with E-state index in [1.165, 1.54) is 47.0 Å². The Morgan fingerprint density at radius 1 is 0.392 bits per heavy atom. The van der Waals surface area contributed by atoms with Crippen molar-refractivity contribution in [2.45, 2.75) is 188 Å². The fourth-order valence-corrected chi connectivity index (χ4v) is 22.2. The molecule has 8 aliphatic heterocycles. The standard InChI is InChI=1S/C30H37N5O2.C28H37Cl2N5O2.C24H32Cl2N6O3S.C24H31Cl2N5O2/c1-2-27-28(30(37)35-15-11-25(12-16-35)34-17-13-26(36)14-18-34)32-21-33-29(27)31-20-22-7-6-10-24(19-22)23-8-4-3-5-9-23;1-19(2)27(36)35-15-13-33(14-16-35)22-9-11-34(12-10-22)28(37)26-20(3)25(31-18-32-26)6-4-5-21-7-8-23(29)24(30)17-21;1-17-22(28-16-29-23(17)27-8-5-18-3-4-20(25)21(26)15-18)24(33)31-9-6-19(7-10-31)30-11-13-32(14-12-30)36(2,34)35;1-2-19-22(24(32)31-9-6-18(7-10-31)30-11-13-33-14-12-30)28-16-29-23(19)27-8-5-17-3-4-20(25)21(26)15-17/h3-10,19,21,25-26,36H,2,11-18,20H2,1H3,(H,31,32,33);7-8,17-19,22H,4-6,9-16H2,1-3H3;3-4,15-16,19H,5-14H2,1-2H3,(H,27,28,29);3-4,15-16,18H,2,5-14H2,1H3,(H,27,28,29). The van der Waals surface area contributed by atoms with Gasteiger partial charge in [-0.05, 0) is 199 Å². The first-order valence-corrected chi connectivity index (χ1v) is 54.8. The number of nitrogens with zero attached hydrogens (tertiary/aromatic N) is 18. The Kier molecular flexibility index (Phi) is 40.7. The van der Waals surface area contributed by atoms with E-state index in [9.17, 15) is 37.5 Å². The number of nitrogens with one attached hydrogen (secondary N) is 3. The van der Waals surface area contributed by atoms with Crippen LogP contribution in [-0.2, 0) is 64.6 Å². The Hall–Kier alpha value is -9.42. The van der Waals surface area contributed by atoms with Crippen LogP contribution in [0.5, 0.6) is 0 Å². The van der Waals surface area contributed by atoms with Gasteiger partial charge in [0.25, 0.3) is 23.6 Å². The van der Waals surface area contributed by atoms with Crippen LogP contribution in [0, 0.1) is 19.8 Å². The number of rotatable bonds is 28. The van der Waals surface area contributed by atoms with Crippen LogP contribution in [0.1, 0.15) is 190 Å². The first kappa shape index (κ1) is 109. The van der Waals surface area contributed by atoms with E-state index in [1.54, 1.807) is 12.1 Å². The lowest BCUT2D eigenvalue weighted by molar-refractivity contribution is -0.136. The number of amides is 5. The van der Waals surface area contributed by atoms with Gasteiger partial charge >= 0.3 is 0 Å². The minimum atomic E-state index is -3.14. The number of likely N-dealkylation sites (tertiary alicyclic amines) is 5. The number of halogens is 6. The number of aromatic nitrogens is 8. The average molecular weight is 2090 g/mol. The normalized spacial score (nSPS) is 17.8. The van der Waals surface area contributed by atoms with Crippen molar-refractivity contribution in [3.05, 3.63) is 238 Å². The molecule has 0 saturated carbocycles. The summed E-state index contributed by atoms with van der Waals surface area (Å²) in [7, 11) is -3.14. The average Bonchev–Trinajstić information content (AvgIpc) is 0.819. The Morgan fingerprint density at radius 2 is 0.783 bits per heavy atom. The maximum Gasteiger partial charge on any atom is 0.272 e. The van der Waals surface area contributed by atoms with E-state index in [-0.39, 0.29) is 41.6 Å². The van der Waals surface area contributed by atoms with E-state index in [1.807, 2.05) is 115 Å². The van der Waals surface area contributed by atoms with Crippen molar-refractivity contribution in [3.63, 3.8) is 0 Å². The fourth-order valence-electron chi connectivity index (χ4n) is 20.4. The number of benzene rings is 5. The minimum absolute atomic E-state index is 0.000825. The highest BCUT2D eigenvalue weighted by atomic mass is 35.5. The lowest BCUT2D eigenvalue weighted by Crippen LogP contribution is -2.55. The minimum Gasteiger partial charge on any atom is -0.393 e. The quantitative estimate of drug-likeness (QED) is 0.0354. The van der Waals surface area contributed by atoms with Gasteiger partial charge in [0, 0.05) is 209 Å². The molecule has 8 aliphatic rings. The number of aliphatic hydroxyl groups is 1. The fraction of sp³-hybridized carbons (Fsp3) is 0.519. The Bertz CT molecular complexity index is 5860. The molecule has 17 rings (SSSR count). The molecule has 0 aliphatic carbocycles. The van der Waals surface area contributed by atoms with E-state index in [2.05, 4.69) is 124 Å². The van der Waals surface area contributed by atoms with E-state index in [0.29, 0.717) is 142 Å². The molecule has 8 saturated heterocycles. The zero-order valence-corrected chi connectivity index (χ0v) is 88.7. The molecule has 12 heterocycles. The highest BCUT2D eigenvalue weighted by Gasteiger charge is 2.38. The predicted octanol–water partition coefficient (Wildman–Crippen LogP) is 15.9. The van der Waals surface area contributed by atoms with E-state index < -0.39 is 10.0 Å². The molecule has 5 aromatic carbocycles. The van der Waals surface area contributed by atoms with Gasteiger partial charge in [-0.3, -0.25) is 38.7 Å². The third kappa shape index (κ3) is 30.0.